The molecule has 5 nitrogen and oxygen atoms in total. The monoisotopic (exact) mass is 341 g/mol. The van der Waals surface area contributed by atoms with Gasteiger partial charge in [-0.05, 0) is 44.5 Å². The molecule has 132 valence electrons. The van der Waals surface area contributed by atoms with E-state index in [1.165, 1.54) is 18.2 Å². The van der Waals surface area contributed by atoms with Crippen LogP contribution in [-0.4, -0.2) is 37.3 Å². The fourth-order valence-electron chi connectivity index (χ4n) is 4.06. The molecule has 1 aliphatic rings. The molecule has 0 bridgehead atoms. The smallest absolute Gasteiger partial charge is 0.151 e. The topological polar surface area (TPSA) is 38.9 Å². The maximum Gasteiger partial charge on any atom is 0.151 e. The summed E-state index contributed by atoms with van der Waals surface area (Å²) < 4.78 is 18.2. The summed E-state index contributed by atoms with van der Waals surface area (Å²) in [5, 5.41) is 4.31. The number of benzene rings is 1. The van der Waals surface area contributed by atoms with E-state index in [0.29, 0.717) is 11.4 Å². The molecule has 4 rings (SSSR count). The van der Waals surface area contributed by atoms with Gasteiger partial charge in [-0.3, -0.25) is 9.58 Å². The van der Waals surface area contributed by atoms with Gasteiger partial charge in [0.25, 0.3) is 0 Å². The zero-order valence-corrected chi connectivity index (χ0v) is 14.8. The Kier molecular flexibility index (Phi) is 4.29. The van der Waals surface area contributed by atoms with Crippen molar-refractivity contribution in [1.82, 2.24) is 24.2 Å². The highest BCUT2D eigenvalue weighted by Crippen LogP contribution is 2.28. The second-order valence-corrected chi connectivity index (χ2v) is 6.83. The Hall–Kier alpha value is -2.21. The Bertz CT molecular complexity index is 881. The van der Waals surface area contributed by atoms with E-state index in [0.717, 1.165) is 43.9 Å². The number of para-hydroxylation sites is 1. The normalized spacial score (nSPS) is 18.9. The number of hydrogen-bond acceptors (Lipinski definition) is 3. The van der Waals surface area contributed by atoms with Gasteiger partial charge in [0.15, 0.2) is 5.82 Å². The summed E-state index contributed by atoms with van der Waals surface area (Å²) >= 11 is 0. The van der Waals surface area contributed by atoms with Crippen molar-refractivity contribution in [1.29, 1.82) is 0 Å². The number of aromatic nitrogens is 4. The first-order valence-electron chi connectivity index (χ1n) is 9.01. The number of aryl methyl sites for hydroxylation is 2. The SMILES string of the molecule is CCn1c(CN2CCC[C@H](c3ccnn3C)C2)nc2c(F)cccc21. The van der Waals surface area contributed by atoms with E-state index in [-0.39, 0.29) is 5.82 Å². The van der Waals surface area contributed by atoms with Gasteiger partial charge in [-0.25, -0.2) is 9.37 Å². The van der Waals surface area contributed by atoms with Crippen LogP contribution in [-0.2, 0) is 20.1 Å². The third-order valence-electron chi connectivity index (χ3n) is 5.27. The standard InChI is InChI=1S/C19H24FN5/c1-3-25-17-8-4-7-15(20)19(17)22-18(25)13-24-11-5-6-14(12-24)16-9-10-21-23(16)2/h4,7-10,14H,3,5-6,11-13H2,1-2H3/t14-/m0/s1. The van der Waals surface area contributed by atoms with Gasteiger partial charge < -0.3 is 4.57 Å². The molecule has 1 saturated heterocycles. The summed E-state index contributed by atoms with van der Waals surface area (Å²) in [5.74, 6) is 1.21. The number of piperidine rings is 1. The highest BCUT2D eigenvalue weighted by molar-refractivity contribution is 5.76. The summed E-state index contributed by atoms with van der Waals surface area (Å²) in [5.41, 5.74) is 2.66. The fourth-order valence-corrected chi connectivity index (χ4v) is 4.06. The number of halogens is 1. The Morgan fingerprint density at radius 3 is 2.92 bits per heavy atom. The zero-order chi connectivity index (χ0) is 17.4. The van der Waals surface area contributed by atoms with Crippen LogP contribution in [0.3, 0.4) is 0 Å². The van der Waals surface area contributed by atoms with Gasteiger partial charge in [-0.1, -0.05) is 6.07 Å². The Morgan fingerprint density at radius 1 is 1.28 bits per heavy atom. The molecule has 1 atom stereocenters. The van der Waals surface area contributed by atoms with Crippen LogP contribution in [0.4, 0.5) is 4.39 Å². The first kappa shape index (κ1) is 16.3. The lowest BCUT2D eigenvalue weighted by atomic mass is 9.94. The molecular weight excluding hydrogens is 317 g/mol. The summed E-state index contributed by atoms with van der Waals surface area (Å²) in [6.07, 6.45) is 4.22. The summed E-state index contributed by atoms with van der Waals surface area (Å²) in [4.78, 5) is 7.05. The number of fused-ring (bicyclic) bond motifs is 1. The van der Waals surface area contributed by atoms with E-state index in [4.69, 9.17) is 0 Å². The molecule has 6 heteroatoms. The molecule has 0 aliphatic carbocycles. The fraction of sp³-hybridized carbons (Fsp3) is 0.474. The number of nitrogens with zero attached hydrogens (tertiary/aromatic N) is 5. The third-order valence-corrected chi connectivity index (χ3v) is 5.27. The van der Waals surface area contributed by atoms with E-state index in [9.17, 15) is 4.39 Å². The second kappa shape index (κ2) is 6.59. The molecule has 3 heterocycles. The van der Waals surface area contributed by atoms with Crippen LogP contribution < -0.4 is 0 Å². The summed E-state index contributed by atoms with van der Waals surface area (Å²) in [7, 11) is 2.01. The van der Waals surface area contributed by atoms with Gasteiger partial charge >= 0.3 is 0 Å². The predicted molar refractivity (Wildman–Crippen MR) is 95.8 cm³/mol. The highest BCUT2D eigenvalue weighted by atomic mass is 19.1. The minimum absolute atomic E-state index is 0.239. The highest BCUT2D eigenvalue weighted by Gasteiger charge is 2.25. The van der Waals surface area contributed by atoms with Crippen LogP contribution in [0.2, 0.25) is 0 Å². The van der Waals surface area contributed by atoms with Crippen molar-refractivity contribution in [2.45, 2.75) is 38.8 Å². The zero-order valence-electron chi connectivity index (χ0n) is 14.8. The summed E-state index contributed by atoms with van der Waals surface area (Å²) in [6.45, 7) is 5.70. The molecule has 1 aliphatic heterocycles. The molecule has 0 saturated carbocycles. The van der Waals surface area contributed by atoms with Crippen molar-refractivity contribution in [3.05, 3.63) is 47.8 Å². The van der Waals surface area contributed by atoms with E-state index < -0.39 is 0 Å². The van der Waals surface area contributed by atoms with Gasteiger partial charge in [0.05, 0.1) is 12.1 Å². The Labute approximate surface area is 147 Å². The molecule has 0 N–H and O–H groups in total. The number of hydrogen-bond donors (Lipinski definition) is 0. The maximum absolute atomic E-state index is 14.1. The van der Waals surface area contributed by atoms with Crippen molar-refractivity contribution in [2.75, 3.05) is 13.1 Å². The molecule has 25 heavy (non-hydrogen) atoms. The van der Waals surface area contributed by atoms with Crippen molar-refractivity contribution in [3.8, 4) is 0 Å². The molecular formula is C19H24FN5. The van der Waals surface area contributed by atoms with Crippen LogP contribution in [0.25, 0.3) is 11.0 Å². The molecule has 1 fully saturated rings. The molecule has 0 amide bonds. The quantitative estimate of drug-likeness (QED) is 0.731. The molecule has 0 spiro atoms. The van der Waals surface area contributed by atoms with Crippen LogP contribution in [0.1, 0.15) is 37.2 Å². The van der Waals surface area contributed by atoms with E-state index in [2.05, 4.69) is 32.5 Å². The second-order valence-electron chi connectivity index (χ2n) is 6.83. The van der Waals surface area contributed by atoms with Crippen LogP contribution in [0.5, 0.6) is 0 Å². The number of rotatable bonds is 4. The van der Waals surface area contributed by atoms with Gasteiger partial charge in [-0.2, -0.15) is 5.10 Å². The molecule has 2 aromatic heterocycles. The van der Waals surface area contributed by atoms with E-state index in [1.807, 2.05) is 24.0 Å². The van der Waals surface area contributed by atoms with Crippen molar-refractivity contribution in [3.63, 3.8) is 0 Å². The van der Waals surface area contributed by atoms with Crippen molar-refractivity contribution in [2.24, 2.45) is 7.05 Å². The average Bonchev–Trinajstić information content (AvgIpc) is 3.19. The number of likely N-dealkylation sites (tertiary alicyclic amines) is 1. The van der Waals surface area contributed by atoms with Crippen LogP contribution in [0.15, 0.2) is 30.5 Å². The minimum Gasteiger partial charge on any atom is -0.327 e. The van der Waals surface area contributed by atoms with E-state index in [1.54, 1.807) is 6.07 Å². The van der Waals surface area contributed by atoms with E-state index >= 15 is 0 Å². The third kappa shape index (κ3) is 2.95. The molecule has 3 aromatic rings. The largest absolute Gasteiger partial charge is 0.327 e. The average molecular weight is 341 g/mol. The number of imidazole rings is 1. The van der Waals surface area contributed by atoms with Crippen LogP contribution in [0, 0.1) is 5.82 Å². The van der Waals surface area contributed by atoms with Gasteiger partial charge in [0.1, 0.15) is 11.3 Å². The lowest BCUT2D eigenvalue weighted by Crippen LogP contribution is -2.35. The molecule has 1 aromatic carbocycles. The van der Waals surface area contributed by atoms with Gasteiger partial charge in [0.2, 0.25) is 0 Å². The first-order valence-corrected chi connectivity index (χ1v) is 9.01. The predicted octanol–water partition coefficient (Wildman–Crippen LogP) is 3.31. The van der Waals surface area contributed by atoms with Crippen molar-refractivity contribution >= 4 is 11.0 Å². The van der Waals surface area contributed by atoms with Crippen molar-refractivity contribution < 1.29 is 4.39 Å². The lowest BCUT2D eigenvalue weighted by molar-refractivity contribution is 0.190. The molecule has 0 unspecified atom stereocenters. The Morgan fingerprint density at radius 2 is 2.16 bits per heavy atom. The maximum atomic E-state index is 14.1. The summed E-state index contributed by atoms with van der Waals surface area (Å²) in [6, 6.07) is 7.31. The minimum atomic E-state index is -0.239. The van der Waals surface area contributed by atoms with Crippen LogP contribution >= 0.6 is 0 Å². The van der Waals surface area contributed by atoms with Gasteiger partial charge in [0, 0.05) is 37.9 Å². The lowest BCUT2D eigenvalue weighted by Gasteiger charge is -2.32. The Balaban J connectivity index is 1.58. The molecule has 0 radical (unpaired) electrons. The first-order chi connectivity index (χ1) is 12.2. The van der Waals surface area contributed by atoms with Gasteiger partial charge in [-0.15, -0.1) is 0 Å².